The van der Waals surface area contributed by atoms with Crippen LogP contribution >= 0.6 is 11.3 Å². The van der Waals surface area contributed by atoms with Crippen LogP contribution in [-0.4, -0.2) is 42.5 Å². The Hall–Kier alpha value is -1.70. The van der Waals surface area contributed by atoms with Crippen molar-refractivity contribution >= 4 is 23.2 Å². The van der Waals surface area contributed by atoms with Gasteiger partial charge in [-0.15, -0.1) is 11.3 Å². The highest BCUT2D eigenvalue weighted by atomic mass is 32.1. The van der Waals surface area contributed by atoms with Crippen LogP contribution in [0.2, 0.25) is 0 Å². The summed E-state index contributed by atoms with van der Waals surface area (Å²) in [6, 6.07) is 1.15. The molecule has 0 saturated carbocycles. The molecule has 0 unspecified atom stereocenters. The van der Waals surface area contributed by atoms with Crippen LogP contribution in [0.3, 0.4) is 0 Å². The Labute approximate surface area is 131 Å². The number of thiophene rings is 1. The second-order valence-electron chi connectivity index (χ2n) is 5.25. The molecule has 1 atom stereocenters. The highest BCUT2D eigenvalue weighted by Crippen LogP contribution is 2.30. The normalized spacial score (nSPS) is 16.2. The summed E-state index contributed by atoms with van der Waals surface area (Å²) in [4.78, 5) is 26.3. The molecular formula is C14H18F2N2O3S. The van der Waals surface area contributed by atoms with Gasteiger partial charge in [0.2, 0.25) is 5.91 Å². The highest BCUT2D eigenvalue weighted by molar-refractivity contribution is 7.14. The van der Waals surface area contributed by atoms with Gasteiger partial charge in [0.25, 0.3) is 5.91 Å². The van der Waals surface area contributed by atoms with E-state index >= 15 is 0 Å². The van der Waals surface area contributed by atoms with Gasteiger partial charge in [0.15, 0.2) is 0 Å². The van der Waals surface area contributed by atoms with E-state index in [4.69, 9.17) is 0 Å². The van der Waals surface area contributed by atoms with E-state index in [1.165, 1.54) is 6.07 Å². The van der Waals surface area contributed by atoms with E-state index in [1.54, 1.807) is 18.7 Å². The van der Waals surface area contributed by atoms with E-state index in [-0.39, 0.29) is 22.6 Å². The molecule has 0 radical (unpaired) electrons. The molecule has 0 aliphatic carbocycles. The van der Waals surface area contributed by atoms with Gasteiger partial charge in [-0.25, -0.2) is 0 Å². The molecule has 22 heavy (non-hydrogen) atoms. The highest BCUT2D eigenvalue weighted by Gasteiger charge is 2.24. The van der Waals surface area contributed by atoms with Gasteiger partial charge in [0, 0.05) is 30.4 Å². The number of aryl methyl sites for hydroxylation is 1. The lowest BCUT2D eigenvalue weighted by Gasteiger charge is -2.21. The fourth-order valence-corrected chi connectivity index (χ4v) is 3.24. The van der Waals surface area contributed by atoms with Crippen LogP contribution in [0.25, 0.3) is 0 Å². The minimum Gasteiger partial charge on any atom is -0.433 e. The number of rotatable bonds is 6. The third-order valence-corrected chi connectivity index (χ3v) is 4.32. The molecule has 1 fully saturated rings. The first-order valence-electron chi connectivity index (χ1n) is 7.00. The Bertz CT molecular complexity index is 562. The molecule has 0 spiro atoms. The maximum Gasteiger partial charge on any atom is 0.387 e. The van der Waals surface area contributed by atoms with E-state index in [0.29, 0.717) is 24.4 Å². The molecule has 1 aromatic heterocycles. The number of likely N-dealkylation sites (tertiary alicyclic amines) is 1. The number of hydrogen-bond acceptors (Lipinski definition) is 4. The van der Waals surface area contributed by atoms with Crippen molar-refractivity contribution in [2.24, 2.45) is 0 Å². The zero-order valence-corrected chi connectivity index (χ0v) is 13.2. The van der Waals surface area contributed by atoms with Gasteiger partial charge in [-0.3, -0.25) is 9.59 Å². The van der Waals surface area contributed by atoms with Crippen molar-refractivity contribution in [3.63, 3.8) is 0 Å². The lowest BCUT2D eigenvalue weighted by atomic mass is 10.3. The number of carbonyl (C=O) groups is 2. The molecule has 0 bridgehead atoms. The summed E-state index contributed by atoms with van der Waals surface area (Å²) in [5.41, 5.74) is 0. The number of nitrogens with zero attached hydrogens (tertiary/aromatic N) is 1. The lowest BCUT2D eigenvalue weighted by molar-refractivity contribution is -0.127. The average molecular weight is 332 g/mol. The number of nitrogens with one attached hydrogen (secondary N) is 1. The number of amides is 2. The molecular weight excluding hydrogens is 314 g/mol. The molecule has 8 heteroatoms. The van der Waals surface area contributed by atoms with Gasteiger partial charge in [-0.2, -0.15) is 8.78 Å². The van der Waals surface area contributed by atoms with Crippen molar-refractivity contribution in [1.82, 2.24) is 10.2 Å². The van der Waals surface area contributed by atoms with Crippen LogP contribution in [0, 0.1) is 6.92 Å². The molecule has 0 aromatic carbocycles. The maximum atomic E-state index is 12.4. The maximum absolute atomic E-state index is 12.4. The van der Waals surface area contributed by atoms with Crippen LogP contribution in [0.1, 0.15) is 34.3 Å². The molecule has 1 aliphatic rings. The molecule has 2 rings (SSSR count). The minimum atomic E-state index is -2.97. The number of carbonyl (C=O) groups excluding carboxylic acids is 2. The Morgan fingerprint density at radius 3 is 2.86 bits per heavy atom. The Morgan fingerprint density at radius 1 is 1.55 bits per heavy atom. The topological polar surface area (TPSA) is 58.6 Å². The van der Waals surface area contributed by atoms with Crippen molar-refractivity contribution in [1.29, 1.82) is 0 Å². The number of alkyl halides is 2. The van der Waals surface area contributed by atoms with E-state index in [9.17, 15) is 18.4 Å². The summed E-state index contributed by atoms with van der Waals surface area (Å²) < 4.78 is 29.1. The molecule has 2 heterocycles. The van der Waals surface area contributed by atoms with E-state index < -0.39 is 12.5 Å². The largest absolute Gasteiger partial charge is 0.433 e. The molecule has 1 saturated heterocycles. The van der Waals surface area contributed by atoms with Gasteiger partial charge in [0.1, 0.15) is 10.6 Å². The Kier molecular flexibility index (Phi) is 5.33. The smallest absolute Gasteiger partial charge is 0.387 e. The van der Waals surface area contributed by atoms with Crippen LogP contribution in [0.15, 0.2) is 6.07 Å². The summed E-state index contributed by atoms with van der Waals surface area (Å²) >= 11 is 1.10. The first kappa shape index (κ1) is 16.7. The van der Waals surface area contributed by atoms with Gasteiger partial charge < -0.3 is 15.0 Å². The molecule has 2 amide bonds. The second kappa shape index (κ2) is 7.04. The van der Waals surface area contributed by atoms with Crippen molar-refractivity contribution in [2.45, 2.75) is 39.3 Å². The number of hydrogen-bond donors (Lipinski definition) is 1. The zero-order valence-electron chi connectivity index (χ0n) is 12.4. The molecule has 1 N–H and O–H groups in total. The predicted octanol–water partition coefficient (Wildman–Crippen LogP) is 2.40. The van der Waals surface area contributed by atoms with E-state index in [2.05, 4.69) is 10.1 Å². The van der Waals surface area contributed by atoms with Gasteiger partial charge in [-0.05, 0) is 26.3 Å². The standard InChI is InChI=1S/C14H18F2N2O3S/c1-8(7-18-5-3-4-11(18)19)17-13(20)12-10(21-14(15)16)6-9(2)22-12/h6,8,14H,3-5,7H2,1-2H3,(H,17,20)/t8-/m1/s1. The van der Waals surface area contributed by atoms with Crippen LogP contribution in [-0.2, 0) is 4.79 Å². The Balaban J connectivity index is 1.97. The number of halogens is 2. The van der Waals surface area contributed by atoms with E-state index in [1.807, 2.05) is 0 Å². The van der Waals surface area contributed by atoms with Crippen LogP contribution < -0.4 is 10.1 Å². The third-order valence-electron chi connectivity index (χ3n) is 3.29. The van der Waals surface area contributed by atoms with Gasteiger partial charge in [0.05, 0.1) is 0 Å². The SMILES string of the molecule is Cc1cc(OC(F)F)c(C(=O)N[C@H](C)CN2CCCC2=O)s1. The van der Waals surface area contributed by atoms with Crippen molar-refractivity contribution in [3.8, 4) is 5.75 Å². The zero-order chi connectivity index (χ0) is 16.3. The second-order valence-corrected chi connectivity index (χ2v) is 6.50. The predicted molar refractivity (Wildman–Crippen MR) is 78.4 cm³/mol. The fourth-order valence-electron chi connectivity index (χ4n) is 2.40. The average Bonchev–Trinajstić information content (AvgIpc) is 2.95. The van der Waals surface area contributed by atoms with Crippen molar-refractivity contribution in [3.05, 3.63) is 15.8 Å². The molecule has 122 valence electrons. The summed E-state index contributed by atoms with van der Waals surface area (Å²) in [6.07, 6.45) is 1.37. The molecule has 1 aliphatic heterocycles. The summed E-state index contributed by atoms with van der Waals surface area (Å²) in [5, 5.41) is 2.72. The fraction of sp³-hybridized carbons (Fsp3) is 0.571. The first-order valence-corrected chi connectivity index (χ1v) is 7.82. The van der Waals surface area contributed by atoms with Crippen molar-refractivity contribution < 1.29 is 23.1 Å². The van der Waals surface area contributed by atoms with E-state index in [0.717, 1.165) is 17.8 Å². The van der Waals surface area contributed by atoms with Crippen LogP contribution in [0.5, 0.6) is 5.75 Å². The minimum absolute atomic E-state index is 0.0785. The molecule has 1 aromatic rings. The lowest BCUT2D eigenvalue weighted by Crippen LogP contribution is -2.42. The monoisotopic (exact) mass is 332 g/mol. The summed E-state index contributed by atoms with van der Waals surface area (Å²) in [6.45, 7) is 1.63. The van der Waals surface area contributed by atoms with Gasteiger partial charge in [-0.1, -0.05) is 0 Å². The van der Waals surface area contributed by atoms with Crippen LogP contribution in [0.4, 0.5) is 8.78 Å². The van der Waals surface area contributed by atoms with Gasteiger partial charge >= 0.3 is 6.61 Å². The first-order chi connectivity index (χ1) is 10.4. The van der Waals surface area contributed by atoms with Crippen molar-refractivity contribution in [2.75, 3.05) is 13.1 Å². The number of ether oxygens (including phenoxy) is 1. The quantitative estimate of drug-likeness (QED) is 0.870. The Morgan fingerprint density at radius 2 is 2.27 bits per heavy atom. The summed E-state index contributed by atoms with van der Waals surface area (Å²) in [5.74, 6) is -0.498. The third kappa shape index (κ3) is 4.16. The summed E-state index contributed by atoms with van der Waals surface area (Å²) in [7, 11) is 0. The molecule has 5 nitrogen and oxygen atoms in total.